The van der Waals surface area contributed by atoms with Gasteiger partial charge in [0.1, 0.15) is 5.75 Å². The average Bonchev–Trinajstić information content (AvgIpc) is 3.55. The smallest absolute Gasteiger partial charge is 0.331 e. The van der Waals surface area contributed by atoms with Crippen molar-refractivity contribution in [2.75, 3.05) is 19.0 Å². The maximum Gasteiger partial charge on any atom is 0.331 e. The van der Waals surface area contributed by atoms with Gasteiger partial charge in [-0.3, -0.25) is 9.59 Å². The Morgan fingerprint density at radius 3 is 2.66 bits per heavy atom. The van der Waals surface area contributed by atoms with Gasteiger partial charge in [0.15, 0.2) is 6.61 Å². The molecular weight excluding hydrogens is 372 g/mol. The predicted octanol–water partition coefficient (Wildman–Crippen LogP) is 2.78. The number of benzene rings is 2. The van der Waals surface area contributed by atoms with Crippen LogP contribution in [-0.2, 0) is 14.3 Å². The quantitative estimate of drug-likeness (QED) is 0.530. The summed E-state index contributed by atoms with van der Waals surface area (Å²) in [6.45, 7) is -0.431. The van der Waals surface area contributed by atoms with Crippen LogP contribution in [0.3, 0.4) is 0 Å². The van der Waals surface area contributed by atoms with Gasteiger partial charge < -0.3 is 20.1 Å². The summed E-state index contributed by atoms with van der Waals surface area (Å²) in [5.74, 6) is -0.626. The van der Waals surface area contributed by atoms with E-state index in [0.29, 0.717) is 17.0 Å². The highest BCUT2D eigenvalue weighted by atomic mass is 16.5. The number of ether oxygens (including phenoxy) is 2. The van der Waals surface area contributed by atoms with Crippen molar-refractivity contribution >= 4 is 29.5 Å². The van der Waals surface area contributed by atoms with Crippen LogP contribution in [0.25, 0.3) is 6.08 Å². The molecule has 150 valence electrons. The van der Waals surface area contributed by atoms with Crippen LogP contribution in [0.5, 0.6) is 5.75 Å². The van der Waals surface area contributed by atoms with Crippen LogP contribution in [0.4, 0.5) is 5.69 Å². The lowest BCUT2D eigenvalue weighted by Gasteiger charge is -2.08. The minimum atomic E-state index is -0.638. The molecule has 2 N–H and O–H groups in total. The van der Waals surface area contributed by atoms with E-state index < -0.39 is 18.5 Å². The lowest BCUT2D eigenvalue weighted by molar-refractivity contribution is -0.142. The van der Waals surface area contributed by atoms with E-state index in [9.17, 15) is 14.4 Å². The number of hydrogen-bond donors (Lipinski definition) is 2. The fourth-order valence-corrected chi connectivity index (χ4v) is 2.53. The molecule has 0 bridgehead atoms. The van der Waals surface area contributed by atoms with Crippen LogP contribution in [0, 0.1) is 0 Å². The van der Waals surface area contributed by atoms with E-state index in [2.05, 4.69) is 10.6 Å². The molecule has 3 rings (SSSR count). The number of anilines is 1. The third-order valence-electron chi connectivity index (χ3n) is 4.17. The molecule has 0 heterocycles. The Labute approximate surface area is 168 Å². The van der Waals surface area contributed by atoms with Gasteiger partial charge in [-0.05, 0) is 54.8 Å². The van der Waals surface area contributed by atoms with Gasteiger partial charge in [-0.1, -0.05) is 18.2 Å². The van der Waals surface area contributed by atoms with Crippen molar-refractivity contribution in [3.8, 4) is 5.75 Å². The molecule has 7 nitrogen and oxygen atoms in total. The summed E-state index contributed by atoms with van der Waals surface area (Å²) in [6, 6.07) is 14.0. The van der Waals surface area contributed by atoms with Crippen molar-refractivity contribution in [2.24, 2.45) is 0 Å². The number of hydrogen-bond acceptors (Lipinski definition) is 5. The molecule has 0 radical (unpaired) electrons. The highest BCUT2D eigenvalue weighted by molar-refractivity contribution is 5.98. The molecule has 1 fully saturated rings. The molecule has 2 aromatic carbocycles. The summed E-state index contributed by atoms with van der Waals surface area (Å²) < 4.78 is 10.1. The third-order valence-corrected chi connectivity index (χ3v) is 4.17. The Balaban J connectivity index is 1.47. The molecule has 0 aliphatic heterocycles. The summed E-state index contributed by atoms with van der Waals surface area (Å²) in [5.41, 5.74) is 1.70. The normalized spacial score (nSPS) is 13.0. The van der Waals surface area contributed by atoms with Gasteiger partial charge >= 0.3 is 5.97 Å². The highest BCUT2D eigenvalue weighted by Gasteiger charge is 2.23. The Morgan fingerprint density at radius 2 is 1.90 bits per heavy atom. The van der Waals surface area contributed by atoms with Crippen molar-refractivity contribution < 1.29 is 23.9 Å². The molecule has 0 aromatic heterocycles. The second kappa shape index (κ2) is 9.54. The first-order chi connectivity index (χ1) is 14.0. The van der Waals surface area contributed by atoms with Crippen molar-refractivity contribution in [1.29, 1.82) is 0 Å². The molecule has 0 unspecified atom stereocenters. The first-order valence-corrected chi connectivity index (χ1v) is 9.23. The van der Waals surface area contributed by atoms with Crippen molar-refractivity contribution in [2.45, 2.75) is 18.9 Å². The first kappa shape index (κ1) is 20.1. The van der Waals surface area contributed by atoms with Gasteiger partial charge in [0.05, 0.1) is 7.11 Å². The fourth-order valence-electron chi connectivity index (χ4n) is 2.53. The molecular formula is C22H22N2O5. The van der Waals surface area contributed by atoms with Gasteiger partial charge in [-0.15, -0.1) is 0 Å². The van der Waals surface area contributed by atoms with Gasteiger partial charge in [0.2, 0.25) is 0 Å². The average molecular weight is 394 g/mol. The zero-order valence-electron chi connectivity index (χ0n) is 16.0. The Hall–Kier alpha value is -3.61. The molecule has 29 heavy (non-hydrogen) atoms. The second-order valence-electron chi connectivity index (χ2n) is 6.59. The first-order valence-electron chi connectivity index (χ1n) is 9.23. The lowest BCUT2D eigenvalue weighted by Crippen LogP contribution is -2.25. The van der Waals surface area contributed by atoms with Gasteiger partial charge in [-0.25, -0.2) is 4.79 Å². The number of carbonyl (C=O) groups is 3. The summed E-state index contributed by atoms with van der Waals surface area (Å²) in [7, 11) is 1.56. The standard InChI is InChI=1S/C22H22N2O5/c1-28-19-7-2-4-15(12-19)8-11-21(26)29-14-20(25)23-18-6-3-5-16(13-18)22(27)24-17-9-10-17/h2-8,11-13,17H,9-10,14H2,1H3,(H,23,25)(H,24,27)/b11-8+. The van der Waals surface area contributed by atoms with Crippen molar-refractivity contribution in [1.82, 2.24) is 5.32 Å². The number of nitrogens with one attached hydrogen (secondary N) is 2. The van der Waals surface area contributed by atoms with Crippen LogP contribution in [-0.4, -0.2) is 37.5 Å². The number of methoxy groups -OCH3 is 1. The van der Waals surface area contributed by atoms with Crippen molar-refractivity contribution in [3.63, 3.8) is 0 Å². The van der Waals surface area contributed by atoms with E-state index in [-0.39, 0.29) is 11.9 Å². The molecule has 1 aliphatic rings. The maximum absolute atomic E-state index is 12.1. The molecule has 1 saturated carbocycles. The largest absolute Gasteiger partial charge is 0.497 e. The van der Waals surface area contributed by atoms with E-state index in [1.165, 1.54) is 6.08 Å². The third kappa shape index (κ3) is 6.49. The zero-order valence-corrected chi connectivity index (χ0v) is 16.0. The van der Waals surface area contributed by atoms with Crippen LogP contribution in [0.1, 0.15) is 28.8 Å². The molecule has 2 amide bonds. The number of rotatable bonds is 8. The van der Waals surface area contributed by atoms with Crippen LogP contribution >= 0.6 is 0 Å². The van der Waals surface area contributed by atoms with Gasteiger partial charge in [0.25, 0.3) is 11.8 Å². The highest BCUT2D eigenvalue weighted by Crippen LogP contribution is 2.20. The predicted molar refractivity (Wildman–Crippen MR) is 109 cm³/mol. The summed E-state index contributed by atoms with van der Waals surface area (Å²) in [4.78, 5) is 35.9. The van der Waals surface area contributed by atoms with E-state index in [1.54, 1.807) is 55.7 Å². The SMILES string of the molecule is COc1cccc(/C=C/C(=O)OCC(=O)Nc2cccc(C(=O)NC3CC3)c2)c1. The summed E-state index contributed by atoms with van der Waals surface area (Å²) in [5, 5.41) is 5.50. The van der Waals surface area contributed by atoms with Crippen LogP contribution in [0.15, 0.2) is 54.6 Å². The van der Waals surface area contributed by atoms with Crippen molar-refractivity contribution in [3.05, 3.63) is 65.7 Å². The van der Waals surface area contributed by atoms with Crippen LogP contribution in [0.2, 0.25) is 0 Å². The molecule has 0 saturated heterocycles. The topological polar surface area (TPSA) is 93.7 Å². The maximum atomic E-state index is 12.1. The molecule has 2 aromatic rings. The van der Waals surface area contributed by atoms with E-state index >= 15 is 0 Å². The lowest BCUT2D eigenvalue weighted by atomic mass is 10.2. The van der Waals surface area contributed by atoms with Gasteiger partial charge in [-0.2, -0.15) is 0 Å². The molecule has 0 spiro atoms. The van der Waals surface area contributed by atoms with E-state index in [1.807, 2.05) is 6.07 Å². The van der Waals surface area contributed by atoms with E-state index in [4.69, 9.17) is 9.47 Å². The Kier molecular flexibility index (Phi) is 6.63. The van der Waals surface area contributed by atoms with Crippen LogP contribution < -0.4 is 15.4 Å². The van der Waals surface area contributed by atoms with E-state index in [0.717, 1.165) is 18.4 Å². The fraction of sp³-hybridized carbons (Fsp3) is 0.227. The number of esters is 1. The monoisotopic (exact) mass is 394 g/mol. The molecule has 1 aliphatic carbocycles. The summed E-state index contributed by atoms with van der Waals surface area (Å²) >= 11 is 0. The van der Waals surface area contributed by atoms with Gasteiger partial charge in [0, 0.05) is 23.4 Å². The Bertz CT molecular complexity index is 934. The minimum Gasteiger partial charge on any atom is -0.497 e. The Morgan fingerprint density at radius 1 is 1.10 bits per heavy atom. The minimum absolute atomic E-state index is 0.169. The number of amides is 2. The summed E-state index contributed by atoms with van der Waals surface area (Å²) in [6.07, 6.45) is 4.81. The molecule has 0 atom stereocenters. The second-order valence-corrected chi connectivity index (χ2v) is 6.59. The number of carbonyl (C=O) groups excluding carboxylic acids is 3. The molecule has 7 heteroatoms. The zero-order chi connectivity index (χ0) is 20.6.